The van der Waals surface area contributed by atoms with E-state index < -0.39 is 0 Å². The van der Waals surface area contributed by atoms with Crippen LogP contribution in [-0.4, -0.2) is 41.0 Å². The van der Waals surface area contributed by atoms with Crippen LogP contribution in [0, 0.1) is 5.92 Å². The first kappa shape index (κ1) is 11.6. The second kappa shape index (κ2) is 5.06. The lowest BCUT2D eigenvalue weighted by molar-refractivity contribution is 0.146. The highest BCUT2D eigenvalue weighted by molar-refractivity contribution is 5.78. The molecule has 0 aliphatic carbocycles. The van der Waals surface area contributed by atoms with E-state index in [1.54, 1.807) is 0 Å². The van der Waals surface area contributed by atoms with Crippen molar-refractivity contribution in [2.75, 3.05) is 19.6 Å². The standard InChI is InChI=1S/C13H18N4O/c18-13-8-15-6-11(13)5-14-4-9-1-2-10-7-16-17-12(10)3-9/h1-3,7,11,13-15,18H,4-6,8H2,(H,16,17). The normalized spacial score (nSPS) is 23.8. The summed E-state index contributed by atoms with van der Waals surface area (Å²) in [6, 6.07) is 6.29. The first-order valence-corrected chi connectivity index (χ1v) is 6.34. The summed E-state index contributed by atoms with van der Waals surface area (Å²) in [6.07, 6.45) is 1.61. The SMILES string of the molecule is OC1CNCC1CNCc1ccc2cn[nH]c2c1. The van der Waals surface area contributed by atoms with Gasteiger partial charge in [-0.15, -0.1) is 0 Å². The monoisotopic (exact) mass is 246 g/mol. The molecule has 0 bridgehead atoms. The minimum Gasteiger partial charge on any atom is -0.391 e. The van der Waals surface area contributed by atoms with Crippen molar-refractivity contribution < 1.29 is 5.11 Å². The fraction of sp³-hybridized carbons (Fsp3) is 0.462. The Labute approximate surface area is 106 Å². The molecule has 1 aliphatic heterocycles. The van der Waals surface area contributed by atoms with Crippen molar-refractivity contribution in [1.29, 1.82) is 0 Å². The molecule has 1 fully saturated rings. The van der Waals surface area contributed by atoms with Gasteiger partial charge >= 0.3 is 0 Å². The maximum atomic E-state index is 9.68. The van der Waals surface area contributed by atoms with Gasteiger partial charge in [-0.3, -0.25) is 5.10 Å². The summed E-state index contributed by atoms with van der Waals surface area (Å²) in [5.74, 6) is 0.320. The van der Waals surface area contributed by atoms with Crippen molar-refractivity contribution in [3.8, 4) is 0 Å². The first-order valence-electron chi connectivity index (χ1n) is 6.34. The van der Waals surface area contributed by atoms with E-state index in [1.807, 2.05) is 6.20 Å². The van der Waals surface area contributed by atoms with E-state index in [1.165, 1.54) is 5.56 Å². The van der Waals surface area contributed by atoms with Gasteiger partial charge in [-0.25, -0.2) is 0 Å². The van der Waals surface area contributed by atoms with Crippen molar-refractivity contribution >= 4 is 10.9 Å². The average Bonchev–Trinajstić information content (AvgIpc) is 2.98. The van der Waals surface area contributed by atoms with Crippen LogP contribution in [0.3, 0.4) is 0 Å². The van der Waals surface area contributed by atoms with Crippen LogP contribution >= 0.6 is 0 Å². The molecule has 2 heterocycles. The number of hydrogen-bond donors (Lipinski definition) is 4. The van der Waals surface area contributed by atoms with Crippen LogP contribution in [0.1, 0.15) is 5.56 Å². The van der Waals surface area contributed by atoms with Gasteiger partial charge in [0.15, 0.2) is 0 Å². The Bertz CT molecular complexity index is 524. The molecule has 0 saturated carbocycles. The fourth-order valence-electron chi connectivity index (χ4n) is 2.42. The zero-order valence-electron chi connectivity index (χ0n) is 10.2. The second-order valence-corrected chi connectivity index (χ2v) is 4.91. The van der Waals surface area contributed by atoms with Crippen molar-refractivity contribution in [1.82, 2.24) is 20.8 Å². The number of rotatable bonds is 4. The van der Waals surface area contributed by atoms with Gasteiger partial charge < -0.3 is 15.7 Å². The van der Waals surface area contributed by atoms with Crippen molar-refractivity contribution in [2.45, 2.75) is 12.6 Å². The van der Waals surface area contributed by atoms with Gasteiger partial charge in [0.2, 0.25) is 0 Å². The topological polar surface area (TPSA) is 73.0 Å². The molecule has 2 unspecified atom stereocenters. The number of benzene rings is 1. The molecule has 96 valence electrons. The quantitative estimate of drug-likeness (QED) is 0.623. The highest BCUT2D eigenvalue weighted by Crippen LogP contribution is 2.13. The van der Waals surface area contributed by atoms with Crippen LogP contribution in [-0.2, 0) is 6.54 Å². The predicted molar refractivity (Wildman–Crippen MR) is 70.2 cm³/mol. The zero-order valence-corrected chi connectivity index (χ0v) is 10.2. The summed E-state index contributed by atoms with van der Waals surface area (Å²) >= 11 is 0. The number of H-pyrrole nitrogens is 1. The van der Waals surface area contributed by atoms with Crippen LogP contribution in [0.4, 0.5) is 0 Å². The maximum absolute atomic E-state index is 9.68. The summed E-state index contributed by atoms with van der Waals surface area (Å²) in [7, 11) is 0. The lowest BCUT2D eigenvalue weighted by Gasteiger charge is -2.14. The Morgan fingerprint density at radius 3 is 3.17 bits per heavy atom. The van der Waals surface area contributed by atoms with E-state index in [0.717, 1.165) is 30.5 Å². The van der Waals surface area contributed by atoms with E-state index >= 15 is 0 Å². The number of aliphatic hydroxyl groups is 1. The van der Waals surface area contributed by atoms with Gasteiger partial charge in [0.25, 0.3) is 0 Å². The Morgan fingerprint density at radius 2 is 2.33 bits per heavy atom. The number of nitrogens with zero attached hydrogens (tertiary/aromatic N) is 1. The van der Waals surface area contributed by atoms with Gasteiger partial charge in [0.1, 0.15) is 0 Å². The van der Waals surface area contributed by atoms with Crippen molar-refractivity contribution in [3.63, 3.8) is 0 Å². The Balaban J connectivity index is 1.56. The molecular weight excluding hydrogens is 228 g/mol. The number of aromatic nitrogens is 2. The third-order valence-corrected chi connectivity index (χ3v) is 3.55. The van der Waals surface area contributed by atoms with Crippen LogP contribution in [0.15, 0.2) is 24.4 Å². The molecule has 1 aromatic carbocycles. The van der Waals surface area contributed by atoms with Crippen molar-refractivity contribution in [2.24, 2.45) is 5.92 Å². The molecule has 0 radical (unpaired) electrons. The van der Waals surface area contributed by atoms with Gasteiger partial charge in [0, 0.05) is 37.5 Å². The fourth-order valence-corrected chi connectivity index (χ4v) is 2.42. The third-order valence-electron chi connectivity index (χ3n) is 3.55. The summed E-state index contributed by atoms with van der Waals surface area (Å²) in [5.41, 5.74) is 2.30. The van der Waals surface area contributed by atoms with Gasteiger partial charge in [-0.05, 0) is 11.6 Å². The number of hydrogen-bond acceptors (Lipinski definition) is 4. The Kier molecular flexibility index (Phi) is 3.27. The summed E-state index contributed by atoms with van der Waals surface area (Å²) in [5, 5.41) is 24.4. The van der Waals surface area contributed by atoms with Crippen LogP contribution < -0.4 is 10.6 Å². The highest BCUT2D eigenvalue weighted by atomic mass is 16.3. The molecule has 1 saturated heterocycles. The smallest absolute Gasteiger partial charge is 0.0716 e. The summed E-state index contributed by atoms with van der Waals surface area (Å²) < 4.78 is 0. The lowest BCUT2D eigenvalue weighted by atomic mass is 10.1. The van der Waals surface area contributed by atoms with Gasteiger partial charge in [0.05, 0.1) is 17.8 Å². The average molecular weight is 246 g/mol. The van der Waals surface area contributed by atoms with E-state index in [4.69, 9.17) is 0 Å². The van der Waals surface area contributed by atoms with Gasteiger partial charge in [-0.2, -0.15) is 5.10 Å². The minimum atomic E-state index is -0.215. The lowest BCUT2D eigenvalue weighted by Crippen LogP contribution is -2.30. The minimum absolute atomic E-state index is 0.215. The Hall–Kier alpha value is -1.43. The highest BCUT2D eigenvalue weighted by Gasteiger charge is 2.23. The predicted octanol–water partition coefficient (Wildman–Crippen LogP) is 0.233. The van der Waals surface area contributed by atoms with Crippen LogP contribution in [0.25, 0.3) is 10.9 Å². The molecule has 2 atom stereocenters. The molecule has 5 heteroatoms. The molecular formula is C13H18N4O. The largest absolute Gasteiger partial charge is 0.391 e. The number of nitrogens with one attached hydrogen (secondary N) is 3. The third kappa shape index (κ3) is 2.38. The number of fused-ring (bicyclic) bond motifs is 1. The number of β-amino-alcohol motifs (C(OH)–C–C–N with tert-alkyl or cyclic N) is 1. The van der Waals surface area contributed by atoms with Crippen LogP contribution in [0.5, 0.6) is 0 Å². The summed E-state index contributed by atoms with van der Waals surface area (Å²) in [6.45, 7) is 3.27. The molecule has 5 nitrogen and oxygen atoms in total. The molecule has 0 spiro atoms. The second-order valence-electron chi connectivity index (χ2n) is 4.91. The molecule has 0 amide bonds. The Morgan fingerprint density at radius 1 is 1.39 bits per heavy atom. The first-order chi connectivity index (χ1) is 8.83. The van der Waals surface area contributed by atoms with Gasteiger partial charge in [-0.1, -0.05) is 12.1 Å². The zero-order chi connectivity index (χ0) is 12.4. The maximum Gasteiger partial charge on any atom is 0.0716 e. The van der Waals surface area contributed by atoms with Crippen molar-refractivity contribution in [3.05, 3.63) is 30.0 Å². The van der Waals surface area contributed by atoms with E-state index in [2.05, 4.69) is 39.0 Å². The van der Waals surface area contributed by atoms with E-state index in [0.29, 0.717) is 12.5 Å². The molecule has 2 aromatic rings. The van der Waals surface area contributed by atoms with E-state index in [9.17, 15) is 5.11 Å². The molecule has 1 aromatic heterocycles. The van der Waals surface area contributed by atoms with Crippen LogP contribution in [0.2, 0.25) is 0 Å². The summed E-state index contributed by atoms with van der Waals surface area (Å²) in [4.78, 5) is 0. The van der Waals surface area contributed by atoms with E-state index in [-0.39, 0.29) is 6.10 Å². The molecule has 1 aliphatic rings. The molecule has 3 rings (SSSR count). The molecule has 4 N–H and O–H groups in total. The molecule has 18 heavy (non-hydrogen) atoms. The number of aromatic amines is 1. The number of aliphatic hydroxyl groups excluding tert-OH is 1.